The molecular weight excluding hydrogens is 210 g/mol. The second-order valence-electron chi connectivity index (χ2n) is 6.72. The van der Waals surface area contributed by atoms with Crippen LogP contribution in [0.15, 0.2) is 0 Å². The molecule has 2 rings (SSSR count). The van der Waals surface area contributed by atoms with E-state index in [2.05, 4.69) is 25.7 Å². The van der Waals surface area contributed by atoms with Gasteiger partial charge in [-0.25, -0.2) is 0 Å². The van der Waals surface area contributed by atoms with E-state index in [0.29, 0.717) is 11.3 Å². The van der Waals surface area contributed by atoms with E-state index < -0.39 is 0 Å². The summed E-state index contributed by atoms with van der Waals surface area (Å²) in [4.78, 5) is 14.7. The molecule has 0 radical (unpaired) electrons. The highest BCUT2D eigenvalue weighted by Crippen LogP contribution is 2.41. The minimum absolute atomic E-state index is 0.0278. The molecule has 98 valence electrons. The molecule has 1 saturated carbocycles. The number of hydrogen-bond donors (Lipinski definition) is 0. The Morgan fingerprint density at radius 2 is 1.59 bits per heavy atom. The molecule has 1 saturated heterocycles. The Morgan fingerprint density at radius 3 is 2.06 bits per heavy atom. The normalized spacial score (nSPS) is 27.1. The molecule has 0 aromatic rings. The average Bonchev–Trinajstić information content (AvgIpc) is 2.78. The number of hydrogen-bond acceptors (Lipinski definition) is 1. The van der Waals surface area contributed by atoms with Crippen molar-refractivity contribution in [1.82, 2.24) is 4.90 Å². The second kappa shape index (κ2) is 4.62. The van der Waals surface area contributed by atoms with Gasteiger partial charge in [0.05, 0.1) is 0 Å². The SMILES string of the molecule is CCC1(C)CCN(C(=O)C2(C)CCCC2)CC1. The summed E-state index contributed by atoms with van der Waals surface area (Å²) in [7, 11) is 0. The van der Waals surface area contributed by atoms with Crippen LogP contribution in [0.3, 0.4) is 0 Å². The van der Waals surface area contributed by atoms with E-state index in [9.17, 15) is 4.79 Å². The topological polar surface area (TPSA) is 20.3 Å². The summed E-state index contributed by atoms with van der Waals surface area (Å²) < 4.78 is 0. The Bertz CT molecular complexity index is 283. The van der Waals surface area contributed by atoms with Gasteiger partial charge in [-0.05, 0) is 31.1 Å². The third kappa shape index (κ3) is 2.51. The maximum absolute atomic E-state index is 12.5. The lowest BCUT2D eigenvalue weighted by Crippen LogP contribution is -2.47. The maximum Gasteiger partial charge on any atom is 0.228 e. The molecule has 1 heterocycles. The minimum atomic E-state index is -0.0278. The quantitative estimate of drug-likeness (QED) is 0.718. The lowest BCUT2D eigenvalue weighted by molar-refractivity contribution is -0.143. The third-order valence-electron chi connectivity index (χ3n) is 5.33. The molecule has 0 aromatic heterocycles. The predicted molar refractivity (Wildman–Crippen MR) is 70.8 cm³/mol. The number of likely N-dealkylation sites (tertiary alicyclic amines) is 1. The number of rotatable bonds is 2. The molecule has 0 aromatic carbocycles. The van der Waals surface area contributed by atoms with Crippen molar-refractivity contribution in [2.45, 2.75) is 65.7 Å². The molecule has 1 aliphatic carbocycles. The molecule has 1 aliphatic heterocycles. The molecule has 0 unspecified atom stereocenters. The van der Waals surface area contributed by atoms with Crippen LogP contribution in [0.4, 0.5) is 0 Å². The number of nitrogens with zero attached hydrogens (tertiary/aromatic N) is 1. The molecule has 0 N–H and O–H groups in total. The minimum Gasteiger partial charge on any atom is -0.342 e. The summed E-state index contributed by atoms with van der Waals surface area (Å²) in [6, 6.07) is 0. The summed E-state index contributed by atoms with van der Waals surface area (Å²) in [6.07, 6.45) is 8.30. The molecule has 17 heavy (non-hydrogen) atoms. The first-order chi connectivity index (χ1) is 7.99. The summed E-state index contributed by atoms with van der Waals surface area (Å²) in [5, 5.41) is 0. The van der Waals surface area contributed by atoms with Gasteiger partial charge in [0.2, 0.25) is 5.91 Å². The van der Waals surface area contributed by atoms with Crippen molar-refractivity contribution in [3.8, 4) is 0 Å². The highest BCUT2D eigenvalue weighted by atomic mass is 16.2. The molecular formula is C15H27NO. The van der Waals surface area contributed by atoms with Gasteiger partial charge >= 0.3 is 0 Å². The number of carbonyl (C=O) groups is 1. The van der Waals surface area contributed by atoms with E-state index >= 15 is 0 Å². The zero-order valence-electron chi connectivity index (χ0n) is 11.7. The van der Waals surface area contributed by atoms with Crippen LogP contribution in [0, 0.1) is 10.8 Å². The van der Waals surface area contributed by atoms with Crippen molar-refractivity contribution in [3.63, 3.8) is 0 Å². The highest BCUT2D eigenvalue weighted by molar-refractivity contribution is 5.82. The van der Waals surface area contributed by atoms with Crippen molar-refractivity contribution in [3.05, 3.63) is 0 Å². The van der Waals surface area contributed by atoms with E-state index in [0.717, 1.165) is 25.9 Å². The zero-order chi connectivity index (χ0) is 12.5. The van der Waals surface area contributed by atoms with Gasteiger partial charge in [-0.1, -0.05) is 40.0 Å². The fourth-order valence-electron chi connectivity index (χ4n) is 3.35. The van der Waals surface area contributed by atoms with Gasteiger partial charge in [-0.15, -0.1) is 0 Å². The molecule has 0 bridgehead atoms. The first-order valence-electron chi connectivity index (χ1n) is 7.29. The van der Waals surface area contributed by atoms with Gasteiger partial charge in [0, 0.05) is 18.5 Å². The van der Waals surface area contributed by atoms with Gasteiger partial charge < -0.3 is 4.90 Å². The number of piperidine rings is 1. The molecule has 0 spiro atoms. The van der Waals surface area contributed by atoms with Crippen molar-refractivity contribution in [1.29, 1.82) is 0 Å². The lowest BCUT2D eigenvalue weighted by atomic mass is 9.77. The Labute approximate surface area is 106 Å². The van der Waals surface area contributed by atoms with E-state index in [1.165, 1.54) is 32.1 Å². The van der Waals surface area contributed by atoms with Gasteiger partial charge in [-0.3, -0.25) is 4.79 Å². The lowest BCUT2D eigenvalue weighted by Gasteiger charge is -2.41. The Hall–Kier alpha value is -0.530. The summed E-state index contributed by atoms with van der Waals surface area (Å²) in [5.74, 6) is 0.438. The second-order valence-corrected chi connectivity index (χ2v) is 6.72. The molecule has 2 fully saturated rings. The van der Waals surface area contributed by atoms with Crippen LogP contribution in [0.25, 0.3) is 0 Å². The van der Waals surface area contributed by atoms with Crippen molar-refractivity contribution >= 4 is 5.91 Å². The van der Waals surface area contributed by atoms with Crippen molar-refractivity contribution in [2.75, 3.05) is 13.1 Å². The molecule has 1 amide bonds. The monoisotopic (exact) mass is 237 g/mol. The summed E-state index contributed by atoms with van der Waals surface area (Å²) >= 11 is 0. The molecule has 2 heteroatoms. The van der Waals surface area contributed by atoms with Crippen LogP contribution in [-0.4, -0.2) is 23.9 Å². The highest BCUT2D eigenvalue weighted by Gasteiger charge is 2.41. The average molecular weight is 237 g/mol. The Kier molecular flexibility index (Phi) is 3.51. The maximum atomic E-state index is 12.5. The van der Waals surface area contributed by atoms with Gasteiger partial charge in [0.1, 0.15) is 0 Å². The van der Waals surface area contributed by atoms with Crippen molar-refractivity contribution < 1.29 is 4.79 Å². The molecule has 2 aliphatic rings. The van der Waals surface area contributed by atoms with Gasteiger partial charge in [0.25, 0.3) is 0 Å². The first-order valence-corrected chi connectivity index (χ1v) is 7.29. The third-order valence-corrected chi connectivity index (χ3v) is 5.33. The largest absolute Gasteiger partial charge is 0.342 e. The van der Waals surface area contributed by atoms with Gasteiger partial charge in [-0.2, -0.15) is 0 Å². The Morgan fingerprint density at radius 1 is 1.06 bits per heavy atom. The van der Waals surface area contributed by atoms with E-state index in [1.807, 2.05) is 0 Å². The number of carbonyl (C=O) groups excluding carboxylic acids is 1. The van der Waals surface area contributed by atoms with Crippen LogP contribution in [-0.2, 0) is 4.79 Å². The Balaban J connectivity index is 1.94. The van der Waals surface area contributed by atoms with Crippen LogP contribution in [0.1, 0.15) is 65.7 Å². The number of amides is 1. The predicted octanol–water partition coefficient (Wildman–Crippen LogP) is 3.61. The summed E-state index contributed by atoms with van der Waals surface area (Å²) in [6.45, 7) is 8.79. The smallest absolute Gasteiger partial charge is 0.228 e. The van der Waals surface area contributed by atoms with Crippen LogP contribution < -0.4 is 0 Å². The van der Waals surface area contributed by atoms with Crippen LogP contribution in [0.5, 0.6) is 0 Å². The van der Waals surface area contributed by atoms with Crippen LogP contribution >= 0.6 is 0 Å². The van der Waals surface area contributed by atoms with E-state index in [1.54, 1.807) is 0 Å². The van der Waals surface area contributed by atoms with Crippen molar-refractivity contribution in [2.24, 2.45) is 10.8 Å². The fourth-order valence-corrected chi connectivity index (χ4v) is 3.35. The van der Waals surface area contributed by atoms with Gasteiger partial charge in [0.15, 0.2) is 0 Å². The fraction of sp³-hybridized carbons (Fsp3) is 0.933. The zero-order valence-corrected chi connectivity index (χ0v) is 11.7. The summed E-state index contributed by atoms with van der Waals surface area (Å²) in [5.41, 5.74) is 0.452. The standard InChI is InChI=1S/C15H27NO/c1-4-14(2)9-11-16(12-10-14)13(17)15(3)7-5-6-8-15/h4-12H2,1-3H3. The van der Waals surface area contributed by atoms with Crippen LogP contribution in [0.2, 0.25) is 0 Å². The van der Waals surface area contributed by atoms with E-state index in [-0.39, 0.29) is 5.41 Å². The molecule has 2 nitrogen and oxygen atoms in total. The first kappa shape index (κ1) is 12.9. The molecule has 0 atom stereocenters. The van der Waals surface area contributed by atoms with E-state index in [4.69, 9.17) is 0 Å².